The fraction of sp³-hybridized carbons (Fsp3) is 0.250. The maximum absolute atomic E-state index is 5.93. The molecule has 102 valence electrons. The van der Waals surface area contributed by atoms with E-state index in [1.165, 1.54) is 32.3 Å². The summed E-state index contributed by atoms with van der Waals surface area (Å²) < 4.78 is 1.21. The molecule has 2 aromatic rings. The van der Waals surface area contributed by atoms with E-state index in [9.17, 15) is 0 Å². The van der Waals surface area contributed by atoms with Gasteiger partial charge in [0.15, 0.2) is 0 Å². The lowest BCUT2D eigenvalue weighted by Crippen LogP contribution is -1.99. The van der Waals surface area contributed by atoms with Crippen molar-refractivity contribution in [3.05, 3.63) is 62.6 Å². The van der Waals surface area contributed by atoms with E-state index in [-0.39, 0.29) is 17.0 Å². The van der Waals surface area contributed by atoms with Gasteiger partial charge in [0.25, 0.3) is 0 Å². The average molecular weight is 385 g/mol. The summed E-state index contributed by atoms with van der Waals surface area (Å²) in [6.45, 7) is 6.35. The van der Waals surface area contributed by atoms with Crippen LogP contribution in [0, 0.1) is 20.8 Å². The van der Waals surface area contributed by atoms with Crippen LogP contribution >= 0.6 is 32.9 Å². The summed E-state index contributed by atoms with van der Waals surface area (Å²) in [4.78, 5) is 0. The molecular formula is C16H19Br2N. The van der Waals surface area contributed by atoms with Gasteiger partial charge in [0.2, 0.25) is 0 Å². The predicted octanol–water partition coefficient (Wildman–Crippen LogP) is 5.13. The standard InChI is InChI=1S/C16H18BrN.BrH/c1-10-5-4-6-14(16(10)17)9-13-7-8-15(18)12(3)11(13)2;/h4-8H,9,18H2,1-3H3;1H. The van der Waals surface area contributed by atoms with Gasteiger partial charge >= 0.3 is 0 Å². The summed E-state index contributed by atoms with van der Waals surface area (Å²) in [5, 5.41) is 0. The van der Waals surface area contributed by atoms with E-state index in [4.69, 9.17) is 5.73 Å². The minimum atomic E-state index is 0. The second-order valence-electron chi connectivity index (χ2n) is 4.79. The zero-order valence-electron chi connectivity index (χ0n) is 11.5. The van der Waals surface area contributed by atoms with Crippen molar-refractivity contribution < 1.29 is 0 Å². The van der Waals surface area contributed by atoms with Gasteiger partial charge in [-0.25, -0.2) is 0 Å². The molecule has 0 amide bonds. The molecule has 3 heteroatoms. The van der Waals surface area contributed by atoms with Crippen LogP contribution in [0.15, 0.2) is 34.8 Å². The molecule has 0 aromatic heterocycles. The number of halogens is 2. The third-order valence-corrected chi connectivity index (χ3v) is 4.73. The Morgan fingerprint density at radius 2 is 1.63 bits per heavy atom. The number of anilines is 1. The van der Waals surface area contributed by atoms with Gasteiger partial charge in [-0.15, -0.1) is 17.0 Å². The van der Waals surface area contributed by atoms with Crippen LogP contribution in [0.5, 0.6) is 0 Å². The third-order valence-electron chi connectivity index (χ3n) is 3.59. The van der Waals surface area contributed by atoms with Gasteiger partial charge in [0, 0.05) is 10.2 Å². The SMILES string of the molecule is Br.Cc1cccc(Cc2ccc(N)c(C)c2C)c1Br. The summed E-state index contributed by atoms with van der Waals surface area (Å²) in [6.07, 6.45) is 0.940. The van der Waals surface area contributed by atoms with E-state index >= 15 is 0 Å². The van der Waals surface area contributed by atoms with E-state index in [0.717, 1.165) is 12.1 Å². The summed E-state index contributed by atoms with van der Waals surface area (Å²) in [5.74, 6) is 0. The normalized spacial score (nSPS) is 10.1. The van der Waals surface area contributed by atoms with Crippen molar-refractivity contribution in [2.24, 2.45) is 0 Å². The first kappa shape index (κ1) is 16.3. The quantitative estimate of drug-likeness (QED) is 0.714. The average Bonchev–Trinajstić information content (AvgIpc) is 2.35. The van der Waals surface area contributed by atoms with Gasteiger partial charge in [-0.05, 0) is 61.1 Å². The molecule has 0 heterocycles. The maximum Gasteiger partial charge on any atom is 0.0346 e. The topological polar surface area (TPSA) is 26.0 Å². The van der Waals surface area contributed by atoms with Crippen LogP contribution in [0.25, 0.3) is 0 Å². The van der Waals surface area contributed by atoms with Gasteiger partial charge in [-0.2, -0.15) is 0 Å². The Hall–Kier alpha value is -0.800. The van der Waals surface area contributed by atoms with Crippen molar-refractivity contribution >= 4 is 38.6 Å². The van der Waals surface area contributed by atoms with Crippen molar-refractivity contribution in [2.75, 3.05) is 5.73 Å². The number of rotatable bonds is 2. The second kappa shape index (κ2) is 6.58. The molecular weight excluding hydrogens is 366 g/mol. The van der Waals surface area contributed by atoms with Gasteiger partial charge in [0.05, 0.1) is 0 Å². The second-order valence-corrected chi connectivity index (χ2v) is 5.58. The van der Waals surface area contributed by atoms with Gasteiger partial charge in [0.1, 0.15) is 0 Å². The van der Waals surface area contributed by atoms with Crippen LogP contribution in [0.1, 0.15) is 27.8 Å². The van der Waals surface area contributed by atoms with E-state index in [1.807, 2.05) is 6.07 Å². The van der Waals surface area contributed by atoms with Crippen molar-refractivity contribution in [3.63, 3.8) is 0 Å². The minimum Gasteiger partial charge on any atom is -0.399 e. The molecule has 2 rings (SSSR count). The maximum atomic E-state index is 5.93. The van der Waals surface area contributed by atoms with Crippen LogP contribution in [0.4, 0.5) is 5.69 Å². The van der Waals surface area contributed by atoms with Gasteiger partial charge < -0.3 is 5.73 Å². The highest BCUT2D eigenvalue weighted by molar-refractivity contribution is 9.10. The largest absolute Gasteiger partial charge is 0.399 e. The Balaban J connectivity index is 0.00000180. The lowest BCUT2D eigenvalue weighted by molar-refractivity contribution is 1.12. The fourth-order valence-electron chi connectivity index (χ4n) is 2.14. The lowest BCUT2D eigenvalue weighted by atomic mass is 9.96. The molecule has 0 aliphatic carbocycles. The van der Waals surface area contributed by atoms with E-state index in [1.54, 1.807) is 0 Å². The molecule has 0 aliphatic rings. The highest BCUT2D eigenvalue weighted by atomic mass is 79.9. The molecule has 0 unspecified atom stereocenters. The molecule has 0 aliphatic heterocycles. The summed E-state index contributed by atoms with van der Waals surface area (Å²) in [6, 6.07) is 10.5. The van der Waals surface area contributed by atoms with E-state index < -0.39 is 0 Å². The first-order valence-electron chi connectivity index (χ1n) is 6.09. The minimum absolute atomic E-state index is 0. The number of hydrogen-bond acceptors (Lipinski definition) is 1. The fourth-order valence-corrected chi connectivity index (χ4v) is 2.54. The monoisotopic (exact) mass is 383 g/mol. The zero-order chi connectivity index (χ0) is 13.3. The Kier molecular flexibility index (Phi) is 5.63. The molecule has 0 fully saturated rings. The first-order valence-corrected chi connectivity index (χ1v) is 6.88. The van der Waals surface area contributed by atoms with Crippen LogP contribution < -0.4 is 5.73 Å². The summed E-state index contributed by atoms with van der Waals surface area (Å²) in [7, 11) is 0. The molecule has 0 atom stereocenters. The molecule has 0 saturated heterocycles. The van der Waals surface area contributed by atoms with Crippen LogP contribution in [-0.4, -0.2) is 0 Å². The first-order chi connectivity index (χ1) is 8.50. The van der Waals surface area contributed by atoms with Gasteiger partial charge in [-0.1, -0.05) is 40.2 Å². The van der Waals surface area contributed by atoms with Crippen molar-refractivity contribution in [2.45, 2.75) is 27.2 Å². The highest BCUT2D eigenvalue weighted by Gasteiger charge is 2.08. The van der Waals surface area contributed by atoms with Crippen LogP contribution in [0.3, 0.4) is 0 Å². The van der Waals surface area contributed by atoms with Crippen molar-refractivity contribution in [1.82, 2.24) is 0 Å². The number of hydrogen-bond donors (Lipinski definition) is 1. The molecule has 1 nitrogen and oxygen atoms in total. The molecule has 0 bridgehead atoms. The predicted molar refractivity (Wildman–Crippen MR) is 92.3 cm³/mol. The molecule has 19 heavy (non-hydrogen) atoms. The zero-order valence-corrected chi connectivity index (χ0v) is 14.8. The van der Waals surface area contributed by atoms with Crippen LogP contribution in [-0.2, 0) is 6.42 Å². The summed E-state index contributed by atoms with van der Waals surface area (Å²) in [5.41, 5.74) is 13.2. The molecule has 0 spiro atoms. The molecule has 2 N–H and O–H groups in total. The Bertz CT molecular complexity index is 592. The highest BCUT2D eigenvalue weighted by Crippen LogP contribution is 2.27. The molecule has 0 saturated carbocycles. The van der Waals surface area contributed by atoms with Crippen LogP contribution in [0.2, 0.25) is 0 Å². The molecule has 2 aromatic carbocycles. The number of benzene rings is 2. The lowest BCUT2D eigenvalue weighted by Gasteiger charge is -2.13. The number of nitrogens with two attached hydrogens (primary N) is 1. The van der Waals surface area contributed by atoms with Crippen molar-refractivity contribution in [1.29, 1.82) is 0 Å². The van der Waals surface area contributed by atoms with Gasteiger partial charge in [-0.3, -0.25) is 0 Å². The Morgan fingerprint density at radius 1 is 0.947 bits per heavy atom. The third kappa shape index (κ3) is 3.40. The summed E-state index contributed by atoms with van der Waals surface area (Å²) >= 11 is 3.67. The number of nitrogen functional groups attached to an aromatic ring is 1. The molecule has 0 radical (unpaired) electrons. The smallest absolute Gasteiger partial charge is 0.0346 e. The van der Waals surface area contributed by atoms with Crippen molar-refractivity contribution in [3.8, 4) is 0 Å². The Labute approximate surface area is 134 Å². The van der Waals surface area contributed by atoms with E-state index in [2.05, 4.69) is 61.0 Å². The number of aryl methyl sites for hydroxylation is 1. The van der Waals surface area contributed by atoms with E-state index in [0.29, 0.717) is 0 Å². The Morgan fingerprint density at radius 3 is 2.32 bits per heavy atom.